The molecule has 1 fully saturated rings. The summed E-state index contributed by atoms with van der Waals surface area (Å²) in [6.45, 7) is 1.51. The minimum Gasteiger partial charge on any atom is -0.452 e. The number of nitrogens with one attached hydrogen (secondary N) is 1. The minimum absolute atomic E-state index is 0.0360. The minimum atomic E-state index is -0.844. The third-order valence-electron chi connectivity index (χ3n) is 2.68. The third-order valence-corrected chi connectivity index (χ3v) is 2.68. The van der Waals surface area contributed by atoms with Crippen LogP contribution in [0.5, 0.6) is 0 Å². The number of hydrogen-bond acceptors (Lipinski definition) is 3. The molecule has 96 valence electrons. The Morgan fingerprint density at radius 1 is 1.33 bits per heavy atom. The summed E-state index contributed by atoms with van der Waals surface area (Å²) >= 11 is 0. The number of benzene rings is 1. The van der Waals surface area contributed by atoms with Crippen molar-refractivity contribution < 1.29 is 18.7 Å². The highest BCUT2D eigenvalue weighted by Crippen LogP contribution is 2.30. The smallest absolute Gasteiger partial charge is 0.309 e. The first-order valence-corrected chi connectivity index (χ1v) is 5.83. The van der Waals surface area contributed by atoms with Crippen molar-refractivity contribution in [2.75, 3.05) is 5.32 Å². The summed E-state index contributed by atoms with van der Waals surface area (Å²) in [5, 5.41) is 2.55. The Bertz CT molecular complexity index is 454. The molecule has 0 aliphatic heterocycles. The first-order valence-electron chi connectivity index (χ1n) is 5.83. The van der Waals surface area contributed by atoms with E-state index in [9.17, 15) is 14.0 Å². The van der Waals surface area contributed by atoms with E-state index in [-0.39, 0.29) is 17.7 Å². The van der Waals surface area contributed by atoms with E-state index in [0.29, 0.717) is 5.69 Å². The van der Waals surface area contributed by atoms with Gasteiger partial charge in [-0.1, -0.05) is 0 Å². The van der Waals surface area contributed by atoms with Crippen molar-refractivity contribution in [3.63, 3.8) is 0 Å². The van der Waals surface area contributed by atoms with Crippen molar-refractivity contribution in [3.8, 4) is 0 Å². The predicted molar refractivity (Wildman–Crippen MR) is 63.3 cm³/mol. The first kappa shape index (κ1) is 12.5. The summed E-state index contributed by atoms with van der Waals surface area (Å²) in [4.78, 5) is 23.1. The Balaban J connectivity index is 1.86. The van der Waals surface area contributed by atoms with Crippen molar-refractivity contribution in [2.24, 2.45) is 5.92 Å². The van der Waals surface area contributed by atoms with E-state index in [1.807, 2.05) is 0 Å². The molecule has 1 aliphatic rings. The Labute approximate surface area is 104 Å². The summed E-state index contributed by atoms with van der Waals surface area (Å²) in [7, 11) is 0. The van der Waals surface area contributed by atoms with E-state index in [1.54, 1.807) is 0 Å². The molecule has 2 rings (SSSR count). The molecule has 1 aromatic rings. The van der Waals surface area contributed by atoms with Crippen LogP contribution in [0, 0.1) is 11.7 Å². The Morgan fingerprint density at radius 2 is 1.94 bits per heavy atom. The molecule has 1 saturated carbocycles. The van der Waals surface area contributed by atoms with Crippen LogP contribution in [0.15, 0.2) is 24.3 Å². The molecule has 0 saturated heterocycles. The van der Waals surface area contributed by atoms with Gasteiger partial charge in [-0.15, -0.1) is 0 Å². The van der Waals surface area contributed by atoms with Gasteiger partial charge < -0.3 is 10.1 Å². The van der Waals surface area contributed by atoms with Crippen molar-refractivity contribution in [2.45, 2.75) is 25.9 Å². The average molecular weight is 251 g/mol. The number of amides is 1. The van der Waals surface area contributed by atoms with Crippen LogP contribution in [0.4, 0.5) is 10.1 Å². The fourth-order valence-corrected chi connectivity index (χ4v) is 1.42. The molecule has 0 radical (unpaired) electrons. The maximum atomic E-state index is 12.7. The number of ether oxygens (including phenoxy) is 1. The summed E-state index contributed by atoms with van der Waals surface area (Å²) in [5.41, 5.74) is 0.468. The van der Waals surface area contributed by atoms with Crippen molar-refractivity contribution in [1.29, 1.82) is 0 Å². The van der Waals surface area contributed by atoms with E-state index in [1.165, 1.54) is 31.2 Å². The molecule has 5 heteroatoms. The van der Waals surface area contributed by atoms with Crippen LogP contribution in [0.25, 0.3) is 0 Å². The van der Waals surface area contributed by atoms with Gasteiger partial charge in [0.05, 0.1) is 5.92 Å². The fourth-order valence-electron chi connectivity index (χ4n) is 1.42. The van der Waals surface area contributed by atoms with Gasteiger partial charge in [0, 0.05) is 5.69 Å². The highest BCUT2D eigenvalue weighted by Gasteiger charge is 2.33. The summed E-state index contributed by atoms with van der Waals surface area (Å²) < 4.78 is 17.7. The normalized spacial score (nSPS) is 15.9. The maximum absolute atomic E-state index is 12.7. The molecular formula is C13H14FNO3. The molecule has 4 nitrogen and oxygen atoms in total. The van der Waals surface area contributed by atoms with Crippen LogP contribution in [0.1, 0.15) is 19.8 Å². The monoisotopic (exact) mass is 251 g/mol. The quantitative estimate of drug-likeness (QED) is 0.834. The number of anilines is 1. The number of hydrogen-bond donors (Lipinski definition) is 1. The van der Waals surface area contributed by atoms with Crippen LogP contribution in [-0.2, 0) is 14.3 Å². The number of halogens is 1. The highest BCUT2D eigenvalue weighted by molar-refractivity contribution is 5.95. The zero-order valence-corrected chi connectivity index (χ0v) is 9.98. The van der Waals surface area contributed by atoms with Gasteiger partial charge in [0.2, 0.25) is 0 Å². The lowest BCUT2D eigenvalue weighted by atomic mass is 10.3. The largest absolute Gasteiger partial charge is 0.452 e. The molecule has 0 spiro atoms. The number of esters is 1. The number of carbonyl (C=O) groups is 2. The van der Waals surface area contributed by atoms with Crippen molar-refractivity contribution in [1.82, 2.24) is 0 Å². The average Bonchev–Trinajstić information content (AvgIpc) is 3.16. The highest BCUT2D eigenvalue weighted by atomic mass is 19.1. The molecule has 1 aliphatic carbocycles. The Morgan fingerprint density at radius 3 is 2.50 bits per heavy atom. The molecule has 0 bridgehead atoms. The van der Waals surface area contributed by atoms with Crippen LogP contribution < -0.4 is 5.32 Å². The summed E-state index contributed by atoms with van der Waals surface area (Å²) in [5.74, 6) is -1.15. The van der Waals surface area contributed by atoms with E-state index >= 15 is 0 Å². The third kappa shape index (κ3) is 3.29. The topological polar surface area (TPSA) is 55.4 Å². The van der Waals surface area contributed by atoms with Gasteiger partial charge in [0.25, 0.3) is 5.91 Å². The van der Waals surface area contributed by atoms with E-state index in [2.05, 4.69) is 5.32 Å². The van der Waals surface area contributed by atoms with Crippen LogP contribution in [-0.4, -0.2) is 18.0 Å². The Hall–Kier alpha value is -1.91. The van der Waals surface area contributed by atoms with Crippen LogP contribution >= 0.6 is 0 Å². The molecule has 1 aromatic carbocycles. The molecule has 0 unspecified atom stereocenters. The predicted octanol–water partition coefficient (Wildman–Crippen LogP) is 2.11. The zero-order chi connectivity index (χ0) is 13.1. The first-order chi connectivity index (χ1) is 8.56. The Kier molecular flexibility index (Phi) is 3.60. The maximum Gasteiger partial charge on any atom is 0.309 e. The molecule has 0 aromatic heterocycles. The van der Waals surface area contributed by atoms with E-state index in [0.717, 1.165) is 12.8 Å². The van der Waals surface area contributed by atoms with Crippen LogP contribution in [0.3, 0.4) is 0 Å². The lowest BCUT2D eigenvalue weighted by Crippen LogP contribution is -2.30. The van der Waals surface area contributed by atoms with Crippen LogP contribution in [0.2, 0.25) is 0 Å². The van der Waals surface area contributed by atoms with Crippen molar-refractivity contribution in [3.05, 3.63) is 30.1 Å². The summed E-state index contributed by atoms with van der Waals surface area (Å²) in [6, 6.07) is 5.39. The van der Waals surface area contributed by atoms with Gasteiger partial charge in [-0.05, 0) is 44.0 Å². The van der Waals surface area contributed by atoms with Gasteiger partial charge >= 0.3 is 5.97 Å². The lowest BCUT2D eigenvalue weighted by Gasteiger charge is -2.13. The number of rotatable bonds is 4. The SMILES string of the molecule is C[C@@H](OC(=O)C1CC1)C(=O)Nc1ccc(F)cc1. The second-order valence-electron chi connectivity index (χ2n) is 4.35. The van der Waals surface area contributed by atoms with Gasteiger partial charge in [-0.3, -0.25) is 9.59 Å². The van der Waals surface area contributed by atoms with Gasteiger partial charge in [-0.25, -0.2) is 4.39 Å². The molecule has 1 atom stereocenters. The molecule has 18 heavy (non-hydrogen) atoms. The summed E-state index contributed by atoms with van der Waals surface area (Å²) in [6.07, 6.45) is 0.833. The standard InChI is InChI=1S/C13H14FNO3/c1-8(18-13(17)9-2-3-9)12(16)15-11-6-4-10(14)5-7-11/h4-9H,2-3H2,1H3,(H,15,16)/t8-/m1/s1. The fraction of sp³-hybridized carbons (Fsp3) is 0.385. The lowest BCUT2D eigenvalue weighted by molar-refractivity contribution is -0.154. The molecule has 1 amide bonds. The second kappa shape index (κ2) is 5.16. The van der Waals surface area contributed by atoms with Gasteiger partial charge in [0.1, 0.15) is 5.82 Å². The molecular weight excluding hydrogens is 237 g/mol. The zero-order valence-electron chi connectivity index (χ0n) is 9.98. The molecule has 0 heterocycles. The van der Waals surface area contributed by atoms with Gasteiger partial charge in [-0.2, -0.15) is 0 Å². The van der Waals surface area contributed by atoms with E-state index in [4.69, 9.17) is 4.74 Å². The van der Waals surface area contributed by atoms with Crippen molar-refractivity contribution >= 4 is 17.6 Å². The second-order valence-corrected chi connectivity index (χ2v) is 4.35. The van der Waals surface area contributed by atoms with E-state index < -0.39 is 12.0 Å². The van der Waals surface area contributed by atoms with Gasteiger partial charge in [0.15, 0.2) is 6.10 Å². The molecule has 1 N–H and O–H groups in total. The number of carbonyl (C=O) groups excluding carboxylic acids is 2.